The Balaban J connectivity index is 2.54. The zero-order chi connectivity index (χ0) is 23.2. The van der Waals surface area contributed by atoms with Gasteiger partial charge in [0.15, 0.2) is 23.3 Å². The Labute approximate surface area is 171 Å². The fourth-order valence-corrected chi connectivity index (χ4v) is 6.23. The Bertz CT molecular complexity index is 1060. The summed E-state index contributed by atoms with van der Waals surface area (Å²) >= 11 is -4.95. The highest BCUT2D eigenvalue weighted by Crippen LogP contribution is 2.19. The molecule has 0 bridgehead atoms. The molecule has 3 aromatic carbocycles. The Kier molecular flexibility index (Phi) is 6.25. The van der Waals surface area contributed by atoms with E-state index in [4.69, 9.17) is 0 Å². The van der Waals surface area contributed by atoms with Crippen molar-refractivity contribution in [3.63, 3.8) is 0 Å². The van der Waals surface area contributed by atoms with Crippen LogP contribution in [0, 0.1) is 58.2 Å². The van der Waals surface area contributed by atoms with Gasteiger partial charge in [0, 0.05) is 24.3 Å². The minimum atomic E-state index is -4.95. The zero-order valence-electron chi connectivity index (χ0n) is 15.1. The van der Waals surface area contributed by atoms with E-state index >= 15 is 0 Å². The molecular formula is C19H7AlF10O. The second-order valence-electron chi connectivity index (χ2n) is 6.20. The lowest BCUT2D eigenvalue weighted by Crippen LogP contribution is -2.59. The lowest BCUT2D eigenvalue weighted by molar-refractivity contribution is 0.407. The lowest BCUT2D eigenvalue weighted by atomic mass is 10.3. The van der Waals surface area contributed by atoms with Gasteiger partial charge in [-0.25, -0.2) is 43.9 Å². The molecule has 1 nitrogen and oxygen atoms in total. The summed E-state index contributed by atoms with van der Waals surface area (Å²) in [7, 11) is 0.991. The minimum absolute atomic E-state index is 0.251. The van der Waals surface area contributed by atoms with E-state index in [-0.39, 0.29) is 12.1 Å². The van der Waals surface area contributed by atoms with Crippen molar-refractivity contribution in [2.24, 2.45) is 0 Å². The smallest absolute Gasteiger partial charge is 0.412 e. The summed E-state index contributed by atoms with van der Waals surface area (Å²) in [6.45, 7) is 0. The van der Waals surface area contributed by atoms with E-state index in [1.54, 1.807) is 0 Å². The Morgan fingerprint density at radius 2 is 0.806 bits per heavy atom. The molecule has 0 heterocycles. The molecule has 0 radical (unpaired) electrons. The molecule has 0 fully saturated rings. The standard InChI is InChI=1S/C7H5F2O.2C6HF4.Al/c1-10-7-3-5(8)2-6(9)4-7;2*7-3-1-4(8)6(10)2-5(3)9;/h3-4H,1H3;2*1H;. The molecule has 0 N–H and O–H groups in total. The SMILES string of the molecule is COc1cc(F)[c]([Al]([c]2c(F)c(F)cc(F)c2F)[c]2c(F)c(F)cc(F)c2F)c(F)c1. The minimum Gasteiger partial charge on any atom is -0.497 e. The first-order chi connectivity index (χ1) is 14.5. The summed E-state index contributed by atoms with van der Waals surface area (Å²) in [5.41, 5.74) is 0. The average molecular weight is 468 g/mol. The van der Waals surface area contributed by atoms with Gasteiger partial charge in [-0.15, -0.1) is 0 Å². The van der Waals surface area contributed by atoms with Crippen molar-refractivity contribution in [1.29, 1.82) is 0 Å². The first-order valence-electron chi connectivity index (χ1n) is 8.18. The van der Waals surface area contributed by atoms with Crippen LogP contribution in [0.3, 0.4) is 0 Å². The second kappa shape index (κ2) is 8.44. The van der Waals surface area contributed by atoms with Crippen LogP contribution < -0.4 is 18.0 Å². The van der Waals surface area contributed by atoms with Crippen LogP contribution in [-0.4, -0.2) is 21.3 Å². The van der Waals surface area contributed by atoms with Crippen LogP contribution in [0.5, 0.6) is 5.75 Å². The van der Waals surface area contributed by atoms with Gasteiger partial charge in [0.05, 0.1) is 7.11 Å². The molecule has 31 heavy (non-hydrogen) atoms. The second-order valence-corrected chi connectivity index (χ2v) is 8.80. The molecule has 0 unspecified atom stereocenters. The van der Waals surface area contributed by atoms with Crippen LogP contribution >= 0.6 is 0 Å². The molecule has 12 heteroatoms. The summed E-state index contributed by atoms with van der Waals surface area (Å²) in [6, 6.07) is 0.406. The van der Waals surface area contributed by atoms with E-state index in [1.165, 1.54) is 0 Å². The molecule has 0 aliphatic heterocycles. The molecule has 0 aromatic heterocycles. The third kappa shape index (κ3) is 3.86. The van der Waals surface area contributed by atoms with Gasteiger partial charge in [-0.1, -0.05) is 0 Å². The van der Waals surface area contributed by atoms with E-state index in [0.29, 0.717) is 12.1 Å². The maximum Gasteiger partial charge on any atom is 0.412 e. The first kappa shape index (κ1) is 23.0. The zero-order valence-corrected chi connectivity index (χ0v) is 16.2. The van der Waals surface area contributed by atoms with E-state index < -0.39 is 91.3 Å². The lowest BCUT2D eigenvalue weighted by Gasteiger charge is -2.19. The topological polar surface area (TPSA) is 9.23 Å². The number of methoxy groups -OCH3 is 1. The quantitative estimate of drug-likeness (QED) is 0.323. The molecule has 0 saturated heterocycles. The van der Waals surface area contributed by atoms with Crippen molar-refractivity contribution in [2.75, 3.05) is 7.11 Å². The molecule has 0 spiro atoms. The van der Waals surface area contributed by atoms with Crippen LogP contribution in [0.4, 0.5) is 43.9 Å². The van der Waals surface area contributed by atoms with Gasteiger partial charge in [-0.2, -0.15) is 0 Å². The molecule has 0 saturated carbocycles. The summed E-state index contributed by atoms with van der Waals surface area (Å²) < 4.78 is 142. The van der Waals surface area contributed by atoms with Gasteiger partial charge in [-0.3, -0.25) is 0 Å². The van der Waals surface area contributed by atoms with Crippen molar-refractivity contribution in [2.45, 2.75) is 0 Å². The third-order valence-corrected chi connectivity index (χ3v) is 7.74. The highest BCUT2D eigenvalue weighted by Gasteiger charge is 2.43. The molecule has 0 amide bonds. The summed E-state index contributed by atoms with van der Waals surface area (Å²) in [6.07, 6.45) is 0. The molecule has 0 aliphatic carbocycles. The van der Waals surface area contributed by atoms with E-state index in [2.05, 4.69) is 4.74 Å². The van der Waals surface area contributed by atoms with Gasteiger partial charge in [0.25, 0.3) is 0 Å². The van der Waals surface area contributed by atoms with Gasteiger partial charge < -0.3 is 4.74 Å². The fraction of sp³-hybridized carbons (Fsp3) is 0.0526. The average Bonchev–Trinajstić information content (AvgIpc) is 2.70. The first-order valence-corrected chi connectivity index (χ1v) is 9.91. The number of hydrogen-bond acceptors (Lipinski definition) is 1. The summed E-state index contributed by atoms with van der Waals surface area (Å²) in [5, 5.41) is 0. The van der Waals surface area contributed by atoms with Gasteiger partial charge >= 0.3 is 14.1 Å². The number of rotatable bonds is 4. The van der Waals surface area contributed by atoms with Crippen LogP contribution in [0.2, 0.25) is 0 Å². The van der Waals surface area contributed by atoms with Crippen molar-refractivity contribution >= 4 is 27.4 Å². The monoisotopic (exact) mass is 468 g/mol. The Morgan fingerprint density at radius 3 is 1.10 bits per heavy atom. The van der Waals surface area contributed by atoms with Crippen LogP contribution in [-0.2, 0) is 0 Å². The molecular weight excluding hydrogens is 461 g/mol. The van der Waals surface area contributed by atoms with Gasteiger partial charge in [-0.05, 0) is 13.3 Å². The highest BCUT2D eigenvalue weighted by molar-refractivity contribution is 6.95. The van der Waals surface area contributed by atoms with Crippen molar-refractivity contribution < 1.29 is 48.6 Å². The molecule has 0 aliphatic rings. The van der Waals surface area contributed by atoms with Crippen molar-refractivity contribution in [1.82, 2.24) is 0 Å². The summed E-state index contributed by atoms with van der Waals surface area (Å²) in [5.74, 6) is -21.0. The fourth-order valence-electron chi connectivity index (χ4n) is 3.08. The van der Waals surface area contributed by atoms with Crippen molar-refractivity contribution in [3.8, 4) is 5.75 Å². The number of ether oxygens (including phenoxy) is 1. The Morgan fingerprint density at radius 1 is 0.484 bits per heavy atom. The van der Waals surface area contributed by atoms with Crippen LogP contribution in [0.1, 0.15) is 0 Å². The largest absolute Gasteiger partial charge is 0.497 e. The maximum absolute atomic E-state index is 14.7. The normalized spacial score (nSPS) is 11.1. The maximum atomic E-state index is 14.7. The number of hydrogen-bond donors (Lipinski definition) is 0. The van der Waals surface area contributed by atoms with Gasteiger partial charge in [0.2, 0.25) is 0 Å². The van der Waals surface area contributed by atoms with Gasteiger partial charge in [0.1, 0.15) is 40.7 Å². The molecule has 3 aromatic rings. The molecule has 3 rings (SSSR count). The predicted molar refractivity (Wildman–Crippen MR) is 90.1 cm³/mol. The van der Waals surface area contributed by atoms with Crippen LogP contribution in [0.15, 0.2) is 24.3 Å². The van der Waals surface area contributed by atoms with Crippen LogP contribution in [0.25, 0.3) is 0 Å². The predicted octanol–water partition coefficient (Wildman–Crippen LogP) is 3.60. The molecule has 162 valence electrons. The Hall–Kier alpha value is -2.71. The number of halogens is 10. The third-order valence-electron chi connectivity index (χ3n) is 4.45. The van der Waals surface area contributed by atoms with E-state index in [1.807, 2.05) is 0 Å². The molecule has 0 atom stereocenters. The van der Waals surface area contributed by atoms with E-state index in [9.17, 15) is 43.9 Å². The summed E-state index contributed by atoms with van der Waals surface area (Å²) in [4.78, 5) is 0. The highest BCUT2D eigenvalue weighted by atomic mass is 27.2. The van der Waals surface area contributed by atoms with Crippen molar-refractivity contribution in [3.05, 3.63) is 82.4 Å². The number of benzene rings is 3. The van der Waals surface area contributed by atoms with E-state index in [0.717, 1.165) is 7.11 Å².